The molecule has 0 aromatic rings. The zero-order valence-electron chi connectivity index (χ0n) is 11.5. The summed E-state index contributed by atoms with van der Waals surface area (Å²) in [4.78, 5) is 23.6. The van der Waals surface area contributed by atoms with Crippen molar-refractivity contribution in [3.05, 3.63) is 0 Å². The lowest BCUT2D eigenvalue weighted by atomic mass is 9.83. The number of rotatable bonds is 4. The Labute approximate surface area is 114 Å². The van der Waals surface area contributed by atoms with Crippen molar-refractivity contribution < 1.29 is 14.7 Å². The van der Waals surface area contributed by atoms with Gasteiger partial charge in [0.1, 0.15) is 6.04 Å². The zero-order chi connectivity index (χ0) is 13.8. The van der Waals surface area contributed by atoms with E-state index in [0.717, 1.165) is 32.2 Å². The second kappa shape index (κ2) is 6.37. The van der Waals surface area contributed by atoms with E-state index in [9.17, 15) is 14.7 Å². The van der Waals surface area contributed by atoms with Crippen molar-refractivity contribution in [1.29, 1.82) is 0 Å². The Balaban J connectivity index is 1.95. The molecule has 108 valence electrons. The van der Waals surface area contributed by atoms with E-state index in [1.165, 1.54) is 6.42 Å². The third kappa shape index (κ3) is 3.47. The first-order chi connectivity index (χ1) is 9.09. The predicted molar refractivity (Wildman–Crippen MR) is 71.7 cm³/mol. The molecule has 0 bridgehead atoms. The summed E-state index contributed by atoms with van der Waals surface area (Å²) in [6, 6.07) is -0.708. The fraction of sp³-hybridized carbons (Fsp3) is 0.857. The summed E-state index contributed by atoms with van der Waals surface area (Å²) in [7, 11) is 0. The van der Waals surface area contributed by atoms with Gasteiger partial charge in [0.05, 0.1) is 5.92 Å². The highest BCUT2D eigenvalue weighted by atomic mass is 16.4. The summed E-state index contributed by atoms with van der Waals surface area (Å²) in [6.07, 6.45) is 5.16. The van der Waals surface area contributed by atoms with E-state index in [1.807, 2.05) is 6.92 Å². The van der Waals surface area contributed by atoms with Crippen molar-refractivity contribution in [3.63, 3.8) is 0 Å². The molecule has 0 aromatic carbocycles. The number of nitrogens with one attached hydrogen (secondary N) is 2. The van der Waals surface area contributed by atoms with Crippen LogP contribution in [0.5, 0.6) is 0 Å². The number of carboxylic acid groups (broad SMARTS) is 1. The molecule has 1 saturated carbocycles. The molecule has 1 aliphatic carbocycles. The first kappa shape index (κ1) is 14.3. The maximum atomic E-state index is 12.2. The smallest absolute Gasteiger partial charge is 0.326 e. The number of carbonyl (C=O) groups is 2. The Morgan fingerprint density at radius 1 is 1.21 bits per heavy atom. The molecule has 19 heavy (non-hydrogen) atoms. The van der Waals surface area contributed by atoms with Gasteiger partial charge in [-0.25, -0.2) is 4.79 Å². The van der Waals surface area contributed by atoms with Gasteiger partial charge in [0.25, 0.3) is 0 Å². The van der Waals surface area contributed by atoms with Crippen molar-refractivity contribution in [3.8, 4) is 0 Å². The molecule has 2 aliphatic rings. The van der Waals surface area contributed by atoms with Crippen LogP contribution in [0.2, 0.25) is 0 Å². The maximum absolute atomic E-state index is 12.2. The normalized spacial score (nSPS) is 29.9. The van der Waals surface area contributed by atoms with E-state index in [0.29, 0.717) is 6.54 Å². The highest BCUT2D eigenvalue weighted by Gasteiger charge is 2.35. The summed E-state index contributed by atoms with van der Waals surface area (Å²) < 4.78 is 0. The molecule has 5 heteroatoms. The lowest BCUT2D eigenvalue weighted by molar-refractivity contribution is -0.144. The van der Waals surface area contributed by atoms with Crippen molar-refractivity contribution in [2.75, 3.05) is 13.1 Å². The molecule has 3 N–H and O–H groups in total. The standard InChI is InChI=1S/C14H24N2O3/c1-9-7-15-8-11(9)13(17)16-12(14(18)19)10-5-3-2-4-6-10/h9-12,15H,2-8H2,1H3,(H,16,17)(H,18,19). The Kier molecular flexibility index (Phi) is 4.80. The van der Waals surface area contributed by atoms with Crippen LogP contribution in [0.4, 0.5) is 0 Å². The maximum Gasteiger partial charge on any atom is 0.326 e. The van der Waals surface area contributed by atoms with Gasteiger partial charge in [0.2, 0.25) is 5.91 Å². The second-order valence-electron chi connectivity index (χ2n) is 5.96. The van der Waals surface area contributed by atoms with Gasteiger partial charge in [-0.1, -0.05) is 26.2 Å². The Morgan fingerprint density at radius 3 is 2.42 bits per heavy atom. The number of carboxylic acids is 1. The third-order valence-electron chi connectivity index (χ3n) is 4.54. The monoisotopic (exact) mass is 268 g/mol. The molecule has 5 nitrogen and oxygen atoms in total. The summed E-state index contributed by atoms with van der Waals surface area (Å²) in [5.74, 6) is -0.708. The van der Waals surface area contributed by atoms with Crippen molar-refractivity contribution >= 4 is 11.9 Å². The van der Waals surface area contributed by atoms with Crippen LogP contribution in [-0.4, -0.2) is 36.1 Å². The van der Waals surface area contributed by atoms with Crippen molar-refractivity contribution in [2.24, 2.45) is 17.8 Å². The van der Waals surface area contributed by atoms with Gasteiger partial charge < -0.3 is 15.7 Å². The SMILES string of the molecule is CC1CNCC1C(=O)NC(C(=O)O)C1CCCCC1. The number of amides is 1. The van der Waals surface area contributed by atoms with Crippen LogP contribution >= 0.6 is 0 Å². The predicted octanol–water partition coefficient (Wildman–Crippen LogP) is 0.992. The van der Waals surface area contributed by atoms with Crippen LogP contribution in [-0.2, 0) is 9.59 Å². The minimum Gasteiger partial charge on any atom is -0.480 e. The van der Waals surface area contributed by atoms with Gasteiger partial charge in [-0.3, -0.25) is 4.79 Å². The zero-order valence-corrected chi connectivity index (χ0v) is 11.5. The van der Waals surface area contributed by atoms with Crippen LogP contribution in [0.25, 0.3) is 0 Å². The van der Waals surface area contributed by atoms with E-state index in [4.69, 9.17) is 0 Å². The van der Waals surface area contributed by atoms with Crippen molar-refractivity contribution in [2.45, 2.75) is 45.1 Å². The Morgan fingerprint density at radius 2 is 1.89 bits per heavy atom. The minimum absolute atomic E-state index is 0.0922. The lowest BCUT2D eigenvalue weighted by Gasteiger charge is -2.29. The summed E-state index contributed by atoms with van der Waals surface area (Å²) in [5, 5.41) is 15.3. The molecular weight excluding hydrogens is 244 g/mol. The van der Waals surface area contributed by atoms with E-state index >= 15 is 0 Å². The molecule has 0 spiro atoms. The summed E-state index contributed by atoms with van der Waals surface area (Å²) >= 11 is 0. The molecule has 1 heterocycles. The third-order valence-corrected chi connectivity index (χ3v) is 4.54. The van der Waals surface area contributed by atoms with Gasteiger partial charge in [0, 0.05) is 6.54 Å². The van der Waals surface area contributed by atoms with Crippen LogP contribution in [0.15, 0.2) is 0 Å². The lowest BCUT2D eigenvalue weighted by Crippen LogP contribution is -2.49. The molecule has 1 amide bonds. The largest absolute Gasteiger partial charge is 0.480 e. The van der Waals surface area contributed by atoms with Crippen LogP contribution < -0.4 is 10.6 Å². The van der Waals surface area contributed by atoms with Gasteiger partial charge >= 0.3 is 5.97 Å². The first-order valence-corrected chi connectivity index (χ1v) is 7.33. The van der Waals surface area contributed by atoms with E-state index < -0.39 is 12.0 Å². The van der Waals surface area contributed by atoms with Crippen LogP contribution in [0.3, 0.4) is 0 Å². The molecular formula is C14H24N2O3. The van der Waals surface area contributed by atoms with Gasteiger partial charge in [-0.05, 0) is 31.2 Å². The minimum atomic E-state index is -0.890. The van der Waals surface area contributed by atoms with E-state index in [2.05, 4.69) is 10.6 Å². The molecule has 0 radical (unpaired) electrons. The van der Waals surface area contributed by atoms with Gasteiger partial charge in [0.15, 0.2) is 0 Å². The summed E-state index contributed by atoms with van der Waals surface area (Å²) in [6.45, 7) is 3.52. The number of hydrogen-bond donors (Lipinski definition) is 3. The average Bonchev–Trinajstić information content (AvgIpc) is 2.82. The van der Waals surface area contributed by atoms with Crippen LogP contribution in [0.1, 0.15) is 39.0 Å². The number of aliphatic carboxylic acids is 1. The highest BCUT2D eigenvalue weighted by Crippen LogP contribution is 2.27. The van der Waals surface area contributed by atoms with Crippen LogP contribution in [0, 0.1) is 17.8 Å². The fourth-order valence-corrected chi connectivity index (χ4v) is 3.27. The number of carbonyl (C=O) groups excluding carboxylic acids is 1. The Hall–Kier alpha value is -1.10. The van der Waals surface area contributed by atoms with E-state index in [-0.39, 0.29) is 23.7 Å². The average molecular weight is 268 g/mol. The number of hydrogen-bond acceptors (Lipinski definition) is 3. The Bertz CT molecular complexity index is 340. The summed E-state index contributed by atoms with van der Waals surface area (Å²) in [5.41, 5.74) is 0. The fourth-order valence-electron chi connectivity index (χ4n) is 3.27. The molecule has 2 rings (SSSR count). The van der Waals surface area contributed by atoms with Gasteiger partial charge in [-0.15, -0.1) is 0 Å². The second-order valence-corrected chi connectivity index (χ2v) is 5.96. The first-order valence-electron chi connectivity index (χ1n) is 7.33. The van der Waals surface area contributed by atoms with E-state index in [1.54, 1.807) is 0 Å². The molecule has 1 saturated heterocycles. The van der Waals surface area contributed by atoms with Gasteiger partial charge in [-0.2, -0.15) is 0 Å². The molecule has 3 atom stereocenters. The quantitative estimate of drug-likeness (QED) is 0.710. The molecule has 1 aliphatic heterocycles. The topological polar surface area (TPSA) is 78.4 Å². The molecule has 2 fully saturated rings. The molecule has 0 aromatic heterocycles. The highest BCUT2D eigenvalue weighted by molar-refractivity contribution is 5.85. The molecule has 3 unspecified atom stereocenters. The van der Waals surface area contributed by atoms with Crippen molar-refractivity contribution in [1.82, 2.24) is 10.6 Å².